The van der Waals surface area contributed by atoms with Gasteiger partial charge < -0.3 is 9.84 Å². The van der Waals surface area contributed by atoms with Gasteiger partial charge in [-0.3, -0.25) is 4.79 Å². The van der Waals surface area contributed by atoms with Crippen LogP contribution in [0.1, 0.15) is 19.4 Å². The molecule has 0 aliphatic heterocycles. The molecular weight excluding hydrogens is 287 g/mol. The summed E-state index contributed by atoms with van der Waals surface area (Å²) < 4.78 is 45.1. The molecule has 0 amide bonds. The Bertz CT molecular complexity index is 548. The summed E-state index contributed by atoms with van der Waals surface area (Å²) in [4.78, 5) is 11.7. The molecule has 0 aliphatic rings. The van der Waals surface area contributed by atoms with Crippen LogP contribution < -0.4 is 0 Å². The first kappa shape index (κ1) is 16.8. The van der Waals surface area contributed by atoms with Gasteiger partial charge in [0.25, 0.3) is 0 Å². The molecule has 2 atom stereocenters. The number of carbonyl (C=O) groups excluding carboxylic acids is 1. The number of esters is 1. The fourth-order valence-electron chi connectivity index (χ4n) is 1.94. The van der Waals surface area contributed by atoms with Crippen LogP contribution in [0.3, 0.4) is 0 Å². The molecule has 0 heterocycles. The minimum Gasteiger partial charge on any atom is -0.508 e. The molecule has 2 unspecified atom stereocenters. The highest BCUT2D eigenvalue weighted by Gasteiger charge is 2.60. The Kier molecular flexibility index (Phi) is 4.84. The third-order valence-electron chi connectivity index (χ3n) is 3.28. The van der Waals surface area contributed by atoms with E-state index in [2.05, 4.69) is 4.74 Å². The van der Waals surface area contributed by atoms with Gasteiger partial charge in [0.1, 0.15) is 11.2 Å². The van der Waals surface area contributed by atoms with Gasteiger partial charge >= 0.3 is 12.1 Å². The molecule has 0 saturated carbocycles. The molecule has 0 fully saturated rings. The Hall–Kier alpha value is -2.23. The van der Waals surface area contributed by atoms with Crippen molar-refractivity contribution in [1.82, 2.24) is 0 Å². The van der Waals surface area contributed by atoms with Crippen molar-refractivity contribution < 1.29 is 27.8 Å². The number of rotatable bonds is 4. The Morgan fingerprint density at radius 3 is 2.29 bits per heavy atom. The van der Waals surface area contributed by atoms with E-state index in [1.807, 2.05) is 0 Å². The molecule has 1 aromatic rings. The molecule has 1 rings (SSSR count). The standard InChI is InChI=1S/C14H14F3NO3/c1-3-21-12(20)11(8-18)13(2,14(15,16)17)9-4-6-10(19)7-5-9/h4-7,11,19H,3H2,1-2H3. The molecule has 1 N–H and O–H groups in total. The highest BCUT2D eigenvalue weighted by molar-refractivity contribution is 5.78. The Morgan fingerprint density at radius 2 is 1.90 bits per heavy atom. The number of nitriles is 1. The van der Waals surface area contributed by atoms with E-state index in [1.54, 1.807) is 0 Å². The number of ether oxygens (including phenoxy) is 1. The fraction of sp³-hybridized carbons (Fsp3) is 0.429. The Labute approximate surface area is 119 Å². The van der Waals surface area contributed by atoms with E-state index >= 15 is 0 Å². The van der Waals surface area contributed by atoms with Gasteiger partial charge in [0.2, 0.25) is 0 Å². The van der Waals surface area contributed by atoms with Crippen molar-refractivity contribution in [3.8, 4) is 11.8 Å². The van der Waals surface area contributed by atoms with Gasteiger partial charge in [0, 0.05) is 0 Å². The zero-order chi connectivity index (χ0) is 16.3. The highest BCUT2D eigenvalue weighted by Crippen LogP contribution is 2.47. The van der Waals surface area contributed by atoms with Crippen LogP contribution in [0.25, 0.3) is 0 Å². The highest BCUT2D eigenvalue weighted by atomic mass is 19.4. The van der Waals surface area contributed by atoms with Crippen molar-refractivity contribution in [3.05, 3.63) is 29.8 Å². The first-order valence-corrected chi connectivity index (χ1v) is 6.11. The number of benzene rings is 1. The van der Waals surface area contributed by atoms with Gasteiger partial charge in [-0.15, -0.1) is 0 Å². The quantitative estimate of drug-likeness (QED) is 0.868. The molecule has 0 radical (unpaired) electrons. The maximum atomic E-state index is 13.5. The third-order valence-corrected chi connectivity index (χ3v) is 3.28. The third kappa shape index (κ3) is 3.10. The van der Waals surface area contributed by atoms with Crippen molar-refractivity contribution in [2.24, 2.45) is 5.92 Å². The molecule has 0 saturated heterocycles. The van der Waals surface area contributed by atoms with Crippen LogP contribution in [0.2, 0.25) is 0 Å². The number of aromatic hydroxyl groups is 1. The molecule has 114 valence electrons. The number of nitrogens with zero attached hydrogens (tertiary/aromatic N) is 1. The van der Waals surface area contributed by atoms with E-state index < -0.39 is 23.5 Å². The summed E-state index contributed by atoms with van der Waals surface area (Å²) >= 11 is 0. The van der Waals surface area contributed by atoms with Crippen LogP contribution in [0.15, 0.2) is 24.3 Å². The molecule has 0 spiro atoms. The number of hydrogen-bond acceptors (Lipinski definition) is 4. The van der Waals surface area contributed by atoms with E-state index in [0.29, 0.717) is 0 Å². The lowest BCUT2D eigenvalue weighted by molar-refractivity contribution is -0.203. The minimum atomic E-state index is -4.85. The Morgan fingerprint density at radius 1 is 1.38 bits per heavy atom. The second-order valence-electron chi connectivity index (χ2n) is 4.56. The molecular formula is C14H14F3NO3. The van der Waals surface area contributed by atoms with Gasteiger partial charge in [-0.2, -0.15) is 18.4 Å². The van der Waals surface area contributed by atoms with Gasteiger partial charge in [-0.05, 0) is 31.5 Å². The SMILES string of the molecule is CCOC(=O)C(C#N)C(C)(c1ccc(O)cc1)C(F)(F)F. The summed E-state index contributed by atoms with van der Waals surface area (Å²) in [5.41, 5.74) is -3.03. The molecule has 4 nitrogen and oxygen atoms in total. The number of alkyl halides is 3. The topological polar surface area (TPSA) is 70.3 Å². The summed E-state index contributed by atoms with van der Waals surface area (Å²) in [6, 6.07) is 5.59. The maximum absolute atomic E-state index is 13.5. The number of phenols is 1. The monoisotopic (exact) mass is 301 g/mol. The molecule has 7 heteroatoms. The lowest BCUT2D eigenvalue weighted by Gasteiger charge is -2.35. The van der Waals surface area contributed by atoms with Crippen molar-refractivity contribution in [2.75, 3.05) is 6.61 Å². The second kappa shape index (κ2) is 6.04. The largest absolute Gasteiger partial charge is 0.508 e. The van der Waals surface area contributed by atoms with E-state index in [-0.39, 0.29) is 17.9 Å². The second-order valence-corrected chi connectivity index (χ2v) is 4.56. The first-order valence-electron chi connectivity index (χ1n) is 6.11. The normalized spacial score (nSPS) is 15.6. The molecule has 0 aliphatic carbocycles. The van der Waals surface area contributed by atoms with Crippen molar-refractivity contribution in [3.63, 3.8) is 0 Å². The van der Waals surface area contributed by atoms with Gasteiger partial charge in [0.15, 0.2) is 5.92 Å². The van der Waals surface area contributed by atoms with Crippen LogP contribution in [-0.2, 0) is 14.9 Å². The fourth-order valence-corrected chi connectivity index (χ4v) is 1.94. The number of hydrogen-bond donors (Lipinski definition) is 1. The summed E-state index contributed by atoms with van der Waals surface area (Å²) in [5, 5.41) is 18.2. The average molecular weight is 301 g/mol. The first-order chi connectivity index (χ1) is 9.68. The van der Waals surface area contributed by atoms with Gasteiger partial charge in [0.05, 0.1) is 12.7 Å². The predicted molar refractivity (Wildman–Crippen MR) is 67.2 cm³/mol. The van der Waals surface area contributed by atoms with Crippen molar-refractivity contribution in [2.45, 2.75) is 25.4 Å². The van der Waals surface area contributed by atoms with E-state index in [9.17, 15) is 23.1 Å². The summed E-state index contributed by atoms with van der Waals surface area (Å²) in [5.74, 6) is -3.48. The average Bonchev–Trinajstić information content (AvgIpc) is 2.39. The van der Waals surface area contributed by atoms with E-state index in [1.165, 1.54) is 13.0 Å². The maximum Gasteiger partial charge on any atom is 0.400 e. The van der Waals surface area contributed by atoms with Crippen LogP contribution in [0.4, 0.5) is 13.2 Å². The number of halogens is 3. The molecule has 0 aromatic heterocycles. The smallest absolute Gasteiger partial charge is 0.400 e. The molecule has 1 aromatic carbocycles. The lowest BCUT2D eigenvalue weighted by atomic mass is 9.71. The van der Waals surface area contributed by atoms with E-state index in [4.69, 9.17) is 5.26 Å². The summed E-state index contributed by atoms with van der Waals surface area (Å²) in [7, 11) is 0. The van der Waals surface area contributed by atoms with Gasteiger partial charge in [-0.25, -0.2) is 0 Å². The van der Waals surface area contributed by atoms with Crippen LogP contribution >= 0.6 is 0 Å². The molecule has 0 bridgehead atoms. The zero-order valence-electron chi connectivity index (χ0n) is 11.4. The number of carbonyl (C=O) groups is 1. The van der Waals surface area contributed by atoms with Crippen molar-refractivity contribution >= 4 is 5.97 Å². The summed E-state index contributed by atoms with van der Waals surface area (Å²) in [6.45, 7) is 2.09. The zero-order valence-corrected chi connectivity index (χ0v) is 11.4. The Balaban J connectivity index is 3.43. The predicted octanol–water partition coefficient (Wildman–Crippen LogP) is 2.92. The van der Waals surface area contributed by atoms with Crippen LogP contribution in [-0.4, -0.2) is 23.9 Å². The minimum absolute atomic E-state index is 0.124. The number of phenolic OH excluding ortho intramolecular Hbond substituents is 1. The van der Waals surface area contributed by atoms with Crippen molar-refractivity contribution in [1.29, 1.82) is 5.26 Å². The van der Waals surface area contributed by atoms with Crippen LogP contribution in [0, 0.1) is 17.2 Å². The van der Waals surface area contributed by atoms with Gasteiger partial charge in [-0.1, -0.05) is 12.1 Å². The molecule has 21 heavy (non-hydrogen) atoms. The summed E-state index contributed by atoms with van der Waals surface area (Å²) in [6.07, 6.45) is -4.85. The lowest BCUT2D eigenvalue weighted by Crippen LogP contribution is -2.49. The van der Waals surface area contributed by atoms with E-state index in [0.717, 1.165) is 31.2 Å². The van der Waals surface area contributed by atoms with Crippen LogP contribution in [0.5, 0.6) is 5.75 Å².